The number of anilines is 1. The van der Waals surface area contributed by atoms with Crippen molar-refractivity contribution in [3.63, 3.8) is 0 Å². The molecule has 2 nitrogen and oxygen atoms in total. The summed E-state index contributed by atoms with van der Waals surface area (Å²) < 4.78 is 18.4. The SMILES string of the molecule is COC1CCN(c2ccc(F)cc2CCl)C1. The third-order valence-corrected chi connectivity index (χ3v) is 3.29. The van der Waals surface area contributed by atoms with Crippen molar-refractivity contribution in [3.8, 4) is 0 Å². The summed E-state index contributed by atoms with van der Waals surface area (Å²) in [4.78, 5) is 2.20. The molecule has 1 heterocycles. The summed E-state index contributed by atoms with van der Waals surface area (Å²) in [5.74, 6) is 0.100. The lowest BCUT2D eigenvalue weighted by Gasteiger charge is -2.21. The van der Waals surface area contributed by atoms with Crippen LogP contribution < -0.4 is 4.90 Å². The van der Waals surface area contributed by atoms with Crippen LogP contribution in [0.1, 0.15) is 12.0 Å². The summed E-state index contributed by atoms with van der Waals surface area (Å²) in [6.45, 7) is 1.79. The van der Waals surface area contributed by atoms with Crippen molar-refractivity contribution in [3.05, 3.63) is 29.6 Å². The summed E-state index contributed by atoms with van der Waals surface area (Å²) in [5, 5.41) is 0. The number of ether oxygens (including phenoxy) is 1. The van der Waals surface area contributed by atoms with Crippen molar-refractivity contribution < 1.29 is 9.13 Å². The fraction of sp³-hybridized carbons (Fsp3) is 0.500. The van der Waals surface area contributed by atoms with E-state index in [1.807, 2.05) is 0 Å². The first kappa shape index (κ1) is 11.7. The minimum atomic E-state index is -0.234. The van der Waals surface area contributed by atoms with Crippen LogP contribution in [0, 0.1) is 5.82 Å². The highest BCUT2D eigenvalue weighted by molar-refractivity contribution is 6.17. The molecule has 0 aromatic heterocycles. The number of halogens is 2. The molecule has 0 saturated carbocycles. The molecule has 0 aliphatic carbocycles. The minimum absolute atomic E-state index is 0.234. The average molecular weight is 244 g/mol. The van der Waals surface area contributed by atoms with Crippen molar-refractivity contribution in [2.45, 2.75) is 18.4 Å². The highest BCUT2D eigenvalue weighted by atomic mass is 35.5. The molecule has 1 unspecified atom stereocenters. The number of hydrogen-bond acceptors (Lipinski definition) is 2. The third kappa shape index (κ3) is 2.30. The molecule has 1 aliphatic rings. The van der Waals surface area contributed by atoms with Crippen LogP contribution in [0.2, 0.25) is 0 Å². The Morgan fingerprint density at radius 3 is 3.00 bits per heavy atom. The first-order valence-corrected chi connectivity index (χ1v) is 5.90. The molecule has 0 radical (unpaired) electrons. The predicted octanol–water partition coefficient (Wildman–Crippen LogP) is 2.79. The molecule has 0 bridgehead atoms. The summed E-state index contributed by atoms with van der Waals surface area (Å²) in [7, 11) is 1.72. The number of methoxy groups -OCH3 is 1. The van der Waals surface area contributed by atoms with Crippen molar-refractivity contribution in [2.75, 3.05) is 25.1 Å². The summed E-state index contributed by atoms with van der Waals surface area (Å²) in [5.41, 5.74) is 1.87. The van der Waals surface area contributed by atoms with Gasteiger partial charge in [-0.05, 0) is 30.2 Å². The van der Waals surface area contributed by atoms with E-state index in [1.165, 1.54) is 12.1 Å². The van der Waals surface area contributed by atoms with Crippen molar-refractivity contribution in [1.82, 2.24) is 0 Å². The summed E-state index contributed by atoms with van der Waals surface area (Å²) in [6, 6.07) is 4.78. The molecule has 0 spiro atoms. The van der Waals surface area contributed by atoms with Crippen LogP contribution in [0.5, 0.6) is 0 Å². The highest BCUT2D eigenvalue weighted by Gasteiger charge is 2.23. The second-order valence-corrected chi connectivity index (χ2v) is 4.27. The molecule has 1 aliphatic heterocycles. The van der Waals surface area contributed by atoms with Gasteiger partial charge >= 0.3 is 0 Å². The van der Waals surface area contributed by atoms with E-state index < -0.39 is 0 Å². The van der Waals surface area contributed by atoms with Gasteiger partial charge in [-0.25, -0.2) is 4.39 Å². The predicted molar refractivity (Wildman–Crippen MR) is 63.6 cm³/mol. The number of hydrogen-bond donors (Lipinski definition) is 0. The largest absolute Gasteiger partial charge is 0.380 e. The molecular weight excluding hydrogens is 229 g/mol. The Bertz CT molecular complexity index is 372. The van der Waals surface area contributed by atoms with Crippen molar-refractivity contribution in [1.29, 1.82) is 0 Å². The zero-order chi connectivity index (χ0) is 11.5. The van der Waals surface area contributed by atoms with E-state index >= 15 is 0 Å². The quantitative estimate of drug-likeness (QED) is 0.757. The second kappa shape index (κ2) is 5.02. The van der Waals surface area contributed by atoms with E-state index in [9.17, 15) is 4.39 Å². The maximum Gasteiger partial charge on any atom is 0.123 e. The van der Waals surface area contributed by atoms with Gasteiger partial charge < -0.3 is 9.64 Å². The molecular formula is C12H15ClFNO. The Balaban J connectivity index is 2.20. The molecule has 1 aromatic carbocycles. The lowest BCUT2D eigenvalue weighted by Crippen LogP contribution is -2.23. The van der Waals surface area contributed by atoms with Gasteiger partial charge in [0, 0.05) is 31.8 Å². The monoisotopic (exact) mass is 243 g/mol. The highest BCUT2D eigenvalue weighted by Crippen LogP contribution is 2.27. The van der Waals surface area contributed by atoms with E-state index in [4.69, 9.17) is 16.3 Å². The zero-order valence-corrected chi connectivity index (χ0v) is 10.0. The number of nitrogens with zero attached hydrogens (tertiary/aromatic N) is 1. The van der Waals surface area contributed by atoms with Crippen LogP contribution in [0.3, 0.4) is 0 Å². The fourth-order valence-electron chi connectivity index (χ4n) is 2.11. The first-order chi connectivity index (χ1) is 7.74. The van der Waals surface area contributed by atoms with Crippen molar-refractivity contribution >= 4 is 17.3 Å². The molecule has 1 atom stereocenters. The van der Waals surface area contributed by atoms with Crippen LogP contribution in [-0.2, 0) is 10.6 Å². The van der Waals surface area contributed by atoms with Gasteiger partial charge in [-0.15, -0.1) is 11.6 Å². The Hall–Kier alpha value is -0.800. The van der Waals surface area contributed by atoms with Gasteiger partial charge in [0.1, 0.15) is 5.82 Å². The number of alkyl halides is 1. The third-order valence-electron chi connectivity index (χ3n) is 3.00. The Morgan fingerprint density at radius 2 is 2.38 bits per heavy atom. The van der Waals surface area contributed by atoms with Gasteiger partial charge in [0.05, 0.1) is 6.10 Å². The van der Waals surface area contributed by atoms with E-state index in [-0.39, 0.29) is 11.9 Å². The minimum Gasteiger partial charge on any atom is -0.380 e. The normalized spacial score (nSPS) is 20.4. The van der Waals surface area contributed by atoms with Gasteiger partial charge in [0.15, 0.2) is 0 Å². The molecule has 4 heteroatoms. The van der Waals surface area contributed by atoms with E-state index in [0.717, 1.165) is 30.8 Å². The van der Waals surface area contributed by atoms with Crippen LogP contribution in [0.4, 0.5) is 10.1 Å². The Kier molecular flexibility index (Phi) is 3.66. The fourth-order valence-corrected chi connectivity index (χ4v) is 2.32. The standard InChI is InChI=1S/C12H15ClFNO/c1-16-11-4-5-15(8-11)12-3-2-10(14)6-9(12)7-13/h2-3,6,11H,4-5,7-8H2,1H3. The van der Waals surface area contributed by atoms with Crippen LogP contribution >= 0.6 is 11.6 Å². The van der Waals surface area contributed by atoms with Gasteiger partial charge in [-0.2, -0.15) is 0 Å². The van der Waals surface area contributed by atoms with Crippen LogP contribution in [-0.4, -0.2) is 26.3 Å². The molecule has 0 N–H and O–H groups in total. The van der Waals surface area contributed by atoms with E-state index in [1.54, 1.807) is 13.2 Å². The maximum absolute atomic E-state index is 13.1. The van der Waals surface area contributed by atoms with Crippen LogP contribution in [0.25, 0.3) is 0 Å². The summed E-state index contributed by atoms with van der Waals surface area (Å²) in [6.07, 6.45) is 1.28. The van der Waals surface area contributed by atoms with Gasteiger partial charge in [0.25, 0.3) is 0 Å². The molecule has 1 aromatic rings. The summed E-state index contributed by atoms with van der Waals surface area (Å²) >= 11 is 5.83. The number of benzene rings is 1. The maximum atomic E-state index is 13.1. The second-order valence-electron chi connectivity index (χ2n) is 4.00. The Morgan fingerprint density at radius 1 is 1.56 bits per heavy atom. The van der Waals surface area contributed by atoms with Gasteiger partial charge in [0.2, 0.25) is 0 Å². The molecule has 2 rings (SSSR count). The van der Waals surface area contributed by atoms with Gasteiger partial charge in [-0.1, -0.05) is 0 Å². The molecule has 88 valence electrons. The topological polar surface area (TPSA) is 12.5 Å². The lowest BCUT2D eigenvalue weighted by atomic mass is 10.2. The average Bonchev–Trinajstić information content (AvgIpc) is 2.77. The Labute approximate surface area is 100.0 Å². The number of rotatable bonds is 3. The molecule has 1 saturated heterocycles. The molecule has 16 heavy (non-hydrogen) atoms. The first-order valence-electron chi connectivity index (χ1n) is 5.36. The lowest BCUT2D eigenvalue weighted by molar-refractivity contribution is 0.121. The zero-order valence-electron chi connectivity index (χ0n) is 9.25. The van der Waals surface area contributed by atoms with E-state index in [2.05, 4.69) is 4.90 Å². The van der Waals surface area contributed by atoms with Crippen LogP contribution in [0.15, 0.2) is 18.2 Å². The van der Waals surface area contributed by atoms with E-state index in [0.29, 0.717) is 5.88 Å². The molecule has 0 amide bonds. The van der Waals surface area contributed by atoms with Crippen molar-refractivity contribution in [2.24, 2.45) is 0 Å². The smallest absolute Gasteiger partial charge is 0.123 e. The van der Waals surface area contributed by atoms with Gasteiger partial charge in [-0.3, -0.25) is 0 Å². The molecule has 1 fully saturated rings.